The fraction of sp³-hybridized carbons (Fsp3) is 0.316. The first kappa shape index (κ1) is 16.6. The smallest absolute Gasteiger partial charge is 0.351 e. The molecule has 0 bridgehead atoms. The summed E-state index contributed by atoms with van der Waals surface area (Å²) in [6, 6.07) is 14.6. The molecule has 0 radical (unpaired) electrons. The molecule has 1 amide bonds. The Morgan fingerprint density at radius 3 is 2.33 bits per heavy atom. The molecule has 1 aliphatic rings. The molecule has 1 fully saturated rings. The van der Waals surface area contributed by atoms with Crippen molar-refractivity contribution in [2.24, 2.45) is 0 Å². The van der Waals surface area contributed by atoms with Crippen molar-refractivity contribution in [1.82, 2.24) is 5.32 Å². The van der Waals surface area contributed by atoms with Crippen molar-refractivity contribution >= 4 is 5.91 Å². The van der Waals surface area contributed by atoms with Crippen LogP contribution >= 0.6 is 0 Å². The van der Waals surface area contributed by atoms with Gasteiger partial charge in [0.15, 0.2) is 0 Å². The molecule has 1 aliphatic carbocycles. The number of carbonyl (C=O) groups excluding carboxylic acids is 1. The van der Waals surface area contributed by atoms with Crippen LogP contribution < -0.4 is 5.32 Å². The second-order valence-corrected chi connectivity index (χ2v) is 6.18. The lowest BCUT2D eigenvalue weighted by molar-refractivity contribution is -0.137. The summed E-state index contributed by atoms with van der Waals surface area (Å²) in [6.07, 6.45) is -1.86. The van der Waals surface area contributed by atoms with Crippen molar-refractivity contribution < 1.29 is 18.0 Å². The number of hydrogen-bond acceptors (Lipinski definition) is 1. The van der Waals surface area contributed by atoms with Gasteiger partial charge in [-0.3, -0.25) is 4.79 Å². The third kappa shape index (κ3) is 3.16. The molecule has 2 aromatic carbocycles. The van der Waals surface area contributed by atoms with Crippen LogP contribution in [0.4, 0.5) is 13.2 Å². The zero-order valence-electron chi connectivity index (χ0n) is 13.1. The van der Waals surface area contributed by atoms with E-state index in [2.05, 4.69) is 5.32 Å². The Bertz CT molecular complexity index is 721. The zero-order chi connectivity index (χ0) is 17.2. The van der Waals surface area contributed by atoms with E-state index in [1.807, 2.05) is 30.3 Å². The molecule has 126 valence electrons. The zero-order valence-corrected chi connectivity index (χ0v) is 13.1. The Balaban J connectivity index is 1.72. The molecule has 5 heteroatoms. The number of nitrogens with one attached hydrogen (secondary N) is 1. The minimum Gasteiger partial charge on any atom is -0.351 e. The van der Waals surface area contributed by atoms with Gasteiger partial charge in [-0.1, -0.05) is 48.9 Å². The average molecular weight is 333 g/mol. The van der Waals surface area contributed by atoms with Crippen molar-refractivity contribution in [3.63, 3.8) is 0 Å². The van der Waals surface area contributed by atoms with Crippen LogP contribution in [0.5, 0.6) is 0 Å². The summed E-state index contributed by atoms with van der Waals surface area (Å²) in [5, 5.41) is 2.81. The molecule has 1 saturated carbocycles. The second kappa shape index (κ2) is 6.30. The maximum absolute atomic E-state index is 12.8. The average Bonchev–Trinajstić information content (AvgIpc) is 2.52. The molecule has 3 rings (SSSR count). The highest BCUT2D eigenvalue weighted by Crippen LogP contribution is 2.43. The molecule has 0 unspecified atom stereocenters. The van der Waals surface area contributed by atoms with Gasteiger partial charge in [-0.05, 0) is 36.1 Å². The summed E-state index contributed by atoms with van der Waals surface area (Å²) < 4.78 is 38.3. The molecule has 0 aliphatic heterocycles. The molecular formula is C19H18F3NO. The largest absolute Gasteiger partial charge is 0.416 e. The lowest BCUT2D eigenvalue weighted by Crippen LogP contribution is -2.48. The number of hydrogen-bond donors (Lipinski definition) is 1. The summed E-state index contributed by atoms with van der Waals surface area (Å²) in [5.41, 5.74) is 0.178. The number of alkyl halides is 3. The number of halogens is 3. The molecule has 0 heterocycles. The van der Waals surface area contributed by atoms with Crippen LogP contribution in [0.15, 0.2) is 54.6 Å². The molecule has 2 nitrogen and oxygen atoms in total. The highest BCUT2D eigenvalue weighted by Gasteiger charge is 2.45. The first-order valence-electron chi connectivity index (χ1n) is 7.92. The van der Waals surface area contributed by atoms with E-state index in [0.29, 0.717) is 5.56 Å². The van der Waals surface area contributed by atoms with Crippen molar-refractivity contribution in [3.8, 4) is 0 Å². The first-order chi connectivity index (χ1) is 11.4. The van der Waals surface area contributed by atoms with Crippen molar-refractivity contribution in [3.05, 3.63) is 71.3 Å². The Morgan fingerprint density at radius 1 is 1.04 bits per heavy atom. The molecule has 24 heavy (non-hydrogen) atoms. The number of amides is 1. The summed E-state index contributed by atoms with van der Waals surface area (Å²) >= 11 is 0. The maximum atomic E-state index is 12.8. The lowest BCUT2D eigenvalue weighted by Gasteiger charge is -2.40. The first-order valence-corrected chi connectivity index (χ1v) is 7.92. The van der Waals surface area contributed by atoms with E-state index in [0.717, 1.165) is 37.0 Å². The van der Waals surface area contributed by atoms with Gasteiger partial charge in [-0.2, -0.15) is 13.2 Å². The van der Waals surface area contributed by atoms with E-state index in [1.54, 1.807) is 6.07 Å². The monoisotopic (exact) mass is 333 g/mol. The summed E-state index contributed by atoms with van der Waals surface area (Å²) in [4.78, 5) is 12.7. The fourth-order valence-corrected chi connectivity index (χ4v) is 3.14. The van der Waals surface area contributed by atoms with E-state index < -0.39 is 17.2 Å². The number of benzene rings is 2. The molecular weight excluding hydrogens is 315 g/mol. The normalized spacial score (nSPS) is 16.3. The van der Waals surface area contributed by atoms with E-state index in [9.17, 15) is 18.0 Å². The third-order valence-corrected chi connectivity index (χ3v) is 4.68. The van der Waals surface area contributed by atoms with Gasteiger partial charge in [0.2, 0.25) is 5.91 Å². The Kier molecular flexibility index (Phi) is 4.35. The summed E-state index contributed by atoms with van der Waals surface area (Å²) in [5.74, 6) is -0.114. The van der Waals surface area contributed by atoms with Crippen LogP contribution in [0.25, 0.3) is 0 Å². The molecule has 0 spiro atoms. The van der Waals surface area contributed by atoms with Crippen LogP contribution in [0.3, 0.4) is 0 Å². The molecule has 0 saturated heterocycles. The standard InChI is InChI=1S/C19H18F3NO/c20-19(21,22)16-9-4-6-14(12-16)13-23-17(24)18(10-5-11-18)15-7-2-1-3-8-15/h1-4,6-9,12H,5,10-11,13H2,(H,23,24). The van der Waals surface area contributed by atoms with Crippen molar-refractivity contribution in [1.29, 1.82) is 0 Å². The second-order valence-electron chi connectivity index (χ2n) is 6.18. The van der Waals surface area contributed by atoms with E-state index in [4.69, 9.17) is 0 Å². The van der Waals surface area contributed by atoms with Gasteiger partial charge in [0.25, 0.3) is 0 Å². The lowest BCUT2D eigenvalue weighted by atomic mass is 9.64. The van der Waals surface area contributed by atoms with Gasteiger partial charge in [-0.25, -0.2) is 0 Å². The van der Waals surface area contributed by atoms with Crippen molar-refractivity contribution in [2.45, 2.75) is 37.4 Å². The maximum Gasteiger partial charge on any atom is 0.416 e. The SMILES string of the molecule is O=C(NCc1cccc(C(F)(F)F)c1)C1(c2ccccc2)CCC1. The van der Waals surface area contributed by atoms with E-state index in [1.165, 1.54) is 6.07 Å². The molecule has 0 atom stereocenters. The van der Waals surface area contributed by atoms with E-state index >= 15 is 0 Å². The van der Waals surface area contributed by atoms with E-state index in [-0.39, 0.29) is 12.5 Å². The minimum absolute atomic E-state index is 0.0946. The van der Waals surface area contributed by atoms with Gasteiger partial charge in [0.05, 0.1) is 11.0 Å². The van der Waals surface area contributed by atoms with Crippen LogP contribution in [0.2, 0.25) is 0 Å². The van der Waals surface area contributed by atoms with Crippen LogP contribution in [0, 0.1) is 0 Å². The van der Waals surface area contributed by atoms with Crippen LogP contribution in [0.1, 0.15) is 36.0 Å². The predicted octanol–water partition coefficient (Wildman–Crippen LogP) is 4.44. The fourth-order valence-electron chi connectivity index (χ4n) is 3.14. The summed E-state index contributed by atoms with van der Waals surface area (Å²) in [7, 11) is 0. The van der Waals surface area contributed by atoms with Crippen LogP contribution in [-0.2, 0) is 22.9 Å². The van der Waals surface area contributed by atoms with Gasteiger partial charge in [0, 0.05) is 6.54 Å². The Morgan fingerprint density at radius 2 is 1.75 bits per heavy atom. The Hall–Kier alpha value is -2.30. The minimum atomic E-state index is -4.38. The molecule has 0 aromatic heterocycles. The van der Waals surface area contributed by atoms with Crippen LogP contribution in [-0.4, -0.2) is 5.91 Å². The number of carbonyl (C=O) groups is 1. The third-order valence-electron chi connectivity index (χ3n) is 4.68. The molecule has 2 aromatic rings. The predicted molar refractivity (Wildman–Crippen MR) is 85.3 cm³/mol. The topological polar surface area (TPSA) is 29.1 Å². The van der Waals surface area contributed by atoms with Gasteiger partial charge >= 0.3 is 6.18 Å². The number of rotatable bonds is 4. The Labute approximate surface area is 138 Å². The molecule has 1 N–H and O–H groups in total. The summed E-state index contributed by atoms with van der Waals surface area (Å²) in [6.45, 7) is 0.0946. The van der Waals surface area contributed by atoms with Gasteiger partial charge in [-0.15, -0.1) is 0 Å². The highest BCUT2D eigenvalue weighted by molar-refractivity contribution is 5.89. The highest BCUT2D eigenvalue weighted by atomic mass is 19.4. The quantitative estimate of drug-likeness (QED) is 0.880. The van der Waals surface area contributed by atoms with Crippen molar-refractivity contribution in [2.75, 3.05) is 0 Å². The van der Waals surface area contributed by atoms with Gasteiger partial charge < -0.3 is 5.32 Å². The van der Waals surface area contributed by atoms with Gasteiger partial charge in [0.1, 0.15) is 0 Å².